The molecule has 2 aliphatic heterocycles. The lowest BCUT2D eigenvalue weighted by atomic mass is 9.71. The van der Waals surface area contributed by atoms with E-state index in [-0.39, 0.29) is 0 Å². The van der Waals surface area contributed by atoms with E-state index in [1.54, 1.807) is 0 Å². The number of carbonyl (C=O) groups is 3. The number of amides is 1. The van der Waals surface area contributed by atoms with E-state index in [2.05, 4.69) is 10.4 Å². The zero-order valence-corrected chi connectivity index (χ0v) is 17.3. The minimum atomic E-state index is -1.84. The van der Waals surface area contributed by atoms with Gasteiger partial charge in [-0.25, -0.2) is 15.2 Å². The Hall–Kier alpha value is -3.82. The van der Waals surface area contributed by atoms with Gasteiger partial charge in [0.2, 0.25) is 5.54 Å². The van der Waals surface area contributed by atoms with Gasteiger partial charge >= 0.3 is 5.97 Å². The topological polar surface area (TPSA) is 140 Å². The molecule has 2 heterocycles. The van der Waals surface area contributed by atoms with Crippen LogP contribution in [0.25, 0.3) is 0 Å². The Bertz CT molecular complexity index is 1100. The lowest BCUT2D eigenvalue weighted by Gasteiger charge is -2.44. The molecule has 4 atom stereocenters. The van der Waals surface area contributed by atoms with Gasteiger partial charge in [-0.2, -0.15) is 4.99 Å². The molecule has 0 aliphatic carbocycles. The molecule has 0 saturated carbocycles. The molecule has 9 nitrogen and oxygen atoms in total. The average molecular weight is 433 g/mol. The number of hydrazine groups is 1. The molecule has 0 spiro atoms. The molecule has 0 bridgehead atoms. The number of ether oxygens (including phenoxy) is 1. The number of benzene rings is 2. The van der Waals surface area contributed by atoms with Gasteiger partial charge in [0.05, 0.1) is 13.2 Å². The van der Waals surface area contributed by atoms with Crippen LogP contribution in [0.4, 0.5) is 0 Å². The van der Waals surface area contributed by atoms with Gasteiger partial charge in [-0.15, -0.1) is 0 Å². The van der Waals surface area contributed by atoms with Crippen molar-refractivity contribution in [2.45, 2.75) is 23.5 Å². The van der Waals surface area contributed by atoms with Gasteiger partial charge in [0.1, 0.15) is 0 Å². The summed E-state index contributed by atoms with van der Waals surface area (Å²) in [4.78, 5) is 43.5. The molecule has 5 N–H and O–H groups in total. The first-order valence-corrected chi connectivity index (χ1v) is 10.0. The van der Waals surface area contributed by atoms with Crippen molar-refractivity contribution in [1.82, 2.24) is 10.4 Å². The first-order chi connectivity index (χ1) is 15.4. The summed E-state index contributed by atoms with van der Waals surface area (Å²) in [6.45, 7) is 0. The number of hydrogen-bond acceptors (Lipinski definition) is 6. The second kappa shape index (κ2) is 8.37. The summed E-state index contributed by atoms with van der Waals surface area (Å²) < 4.78 is 5.14. The van der Waals surface area contributed by atoms with Crippen molar-refractivity contribution < 1.29 is 19.1 Å². The first kappa shape index (κ1) is 21.4. The van der Waals surface area contributed by atoms with Crippen LogP contribution in [-0.4, -0.2) is 47.3 Å². The Morgan fingerprint density at radius 1 is 1.00 bits per heavy atom. The Balaban J connectivity index is 1.94. The highest BCUT2D eigenvalue weighted by Gasteiger charge is 2.67. The molecular weight excluding hydrogens is 410 g/mol. The standard InChI is InChI=1S/C23H23N5O4/c1-32-21(31)23-16(14-8-4-2-5-9-14)12-13-17(15-10-6-3-7-11-15)28(23)27-18(19(23)29)20(30)26-22(24)25/h2-13,16-18,27H,1H3,(H4,24,25,26,30). The van der Waals surface area contributed by atoms with Gasteiger partial charge in [0.15, 0.2) is 17.8 Å². The summed E-state index contributed by atoms with van der Waals surface area (Å²) in [6.07, 6.45) is 3.70. The molecule has 4 unspecified atom stereocenters. The van der Waals surface area contributed by atoms with Crippen molar-refractivity contribution in [2.24, 2.45) is 16.5 Å². The van der Waals surface area contributed by atoms with E-state index in [1.807, 2.05) is 72.8 Å². The van der Waals surface area contributed by atoms with Gasteiger partial charge in [-0.1, -0.05) is 72.8 Å². The van der Waals surface area contributed by atoms with Crippen LogP contribution in [0.3, 0.4) is 0 Å². The smallest absolute Gasteiger partial charge is 0.336 e. The molecule has 2 aliphatic rings. The van der Waals surface area contributed by atoms with Crippen molar-refractivity contribution in [3.63, 3.8) is 0 Å². The maximum atomic E-state index is 13.8. The third-order valence-electron chi connectivity index (χ3n) is 5.78. The van der Waals surface area contributed by atoms with E-state index in [0.717, 1.165) is 11.1 Å². The number of nitrogens with two attached hydrogens (primary N) is 2. The predicted octanol–water partition coefficient (Wildman–Crippen LogP) is 0.551. The summed E-state index contributed by atoms with van der Waals surface area (Å²) in [6, 6.07) is 16.4. The summed E-state index contributed by atoms with van der Waals surface area (Å²) in [5.74, 6) is -3.54. The molecule has 32 heavy (non-hydrogen) atoms. The highest BCUT2D eigenvalue weighted by molar-refractivity contribution is 6.22. The van der Waals surface area contributed by atoms with Crippen molar-refractivity contribution in [2.75, 3.05) is 7.11 Å². The third kappa shape index (κ3) is 3.28. The van der Waals surface area contributed by atoms with Gasteiger partial charge in [0, 0.05) is 5.92 Å². The van der Waals surface area contributed by atoms with Crippen molar-refractivity contribution in [3.05, 3.63) is 83.9 Å². The Morgan fingerprint density at radius 3 is 2.16 bits per heavy atom. The Morgan fingerprint density at radius 2 is 1.59 bits per heavy atom. The Labute approximate surface area is 184 Å². The largest absolute Gasteiger partial charge is 0.467 e. The van der Waals surface area contributed by atoms with Crippen LogP contribution >= 0.6 is 0 Å². The Kier molecular flexibility index (Phi) is 5.60. The van der Waals surface area contributed by atoms with E-state index < -0.39 is 47.2 Å². The minimum absolute atomic E-state index is 0.473. The van der Waals surface area contributed by atoms with Crippen LogP contribution in [0.2, 0.25) is 0 Å². The zero-order valence-electron chi connectivity index (χ0n) is 17.3. The SMILES string of the molecule is COC(=O)C12C(=O)C(C(=O)N=C(N)N)NN1C(c1ccccc1)C=CC2c1ccccc1. The van der Waals surface area contributed by atoms with E-state index in [1.165, 1.54) is 12.1 Å². The number of carbonyl (C=O) groups excluding carboxylic acids is 3. The van der Waals surface area contributed by atoms with E-state index in [9.17, 15) is 14.4 Å². The summed E-state index contributed by atoms with van der Waals surface area (Å²) >= 11 is 0. The minimum Gasteiger partial charge on any atom is -0.467 e. The average Bonchev–Trinajstić information content (AvgIpc) is 3.13. The van der Waals surface area contributed by atoms with Crippen LogP contribution in [0.5, 0.6) is 0 Å². The second-order valence-electron chi connectivity index (χ2n) is 7.56. The molecule has 1 fully saturated rings. The maximum Gasteiger partial charge on any atom is 0.336 e. The van der Waals surface area contributed by atoms with Crippen LogP contribution in [0.1, 0.15) is 23.1 Å². The number of ketones is 1. The third-order valence-corrected chi connectivity index (χ3v) is 5.78. The molecule has 0 radical (unpaired) electrons. The molecule has 1 saturated heterocycles. The fourth-order valence-corrected chi connectivity index (χ4v) is 4.45. The number of fused-ring (bicyclic) bond motifs is 1. The van der Waals surface area contributed by atoms with Crippen molar-refractivity contribution in [1.29, 1.82) is 0 Å². The fraction of sp³-hybridized carbons (Fsp3) is 0.217. The molecule has 2 aromatic rings. The number of methoxy groups -OCH3 is 1. The number of hydrogen-bond donors (Lipinski definition) is 3. The monoisotopic (exact) mass is 433 g/mol. The molecule has 2 aromatic carbocycles. The number of Topliss-reactive ketones (excluding diaryl/α,β-unsaturated/α-hetero) is 1. The zero-order chi connectivity index (χ0) is 22.9. The number of esters is 1. The van der Waals surface area contributed by atoms with E-state index >= 15 is 0 Å². The maximum absolute atomic E-state index is 13.8. The van der Waals surface area contributed by atoms with Crippen LogP contribution in [-0.2, 0) is 19.1 Å². The predicted molar refractivity (Wildman–Crippen MR) is 117 cm³/mol. The highest BCUT2D eigenvalue weighted by atomic mass is 16.5. The lowest BCUT2D eigenvalue weighted by Crippen LogP contribution is -2.63. The normalized spacial score (nSPS) is 26.9. The van der Waals surface area contributed by atoms with Gasteiger partial charge in [-0.05, 0) is 11.1 Å². The first-order valence-electron chi connectivity index (χ1n) is 10.0. The number of rotatable bonds is 4. The number of aliphatic imine (C=N–C) groups is 1. The molecule has 9 heteroatoms. The molecule has 1 amide bonds. The summed E-state index contributed by atoms with van der Waals surface area (Å²) in [5, 5.41) is 1.50. The molecule has 4 rings (SSSR count). The number of nitrogens with zero attached hydrogens (tertiary/aromatic N) is 2. The van der Waals surface area contributed by atoms with Crippen LogP contribution in [0, 0.1) is 0 Å². The second-order valence-corrected chi connectivity index (χ2v) is 7.56. The van der Waals surface area contributed by atoms with Crippen molar-refractivity contribution >= 4 is 23.6 Å². The quantitative estimate of drug-likeness (QED) is 0.209. The van der Waals surface area contributed by atoms with E-state index in [0.29, 0.717) is 0 Å². The molecule has 0 aromatic heterocycles. The molecular formula is C23H23N5O4. The van der Waals surface area contributed by atoms with Gasteiger partial charge in [0.25, 0.3) is 5.91 Å². The fourth-order valence-electron chi connectivity index (χ4n) is 4.45. The van der Waals surface area contributed by atoms with Gasteiger partial charge in [-0.3, -0.25) is 9.59 Å². The van der Waals surface area contributed by atoms with Crippen LogP contribution < -0.4 is 16.9 Å². The van der Waals surface area contributed by atoms with E-state index in [4.69, 9.17) is 16.2 Å². The molecule has 164 valence electrons. The van der Waals surface area contributed by atoms with Crippen molar-refractivity contribution in [3.8, 4) is 0 Å². The number of guanidine groups is 1. The highest BCUT2D eigenvalue weighted by Crippen LogP contribution is 2.48. The lowest BCUT2D eigenvalue weighted by molar-refractivity contribution is -0.161. The summed E-state index contributed by atoms with van der Waals surface area (Å²) in [7, 11) is 1.21. The summed E-state index contributed by atoms with van der Waals surface area (Å²) in [5.41, 5.74) is 13.3. The number of nitrogens with one attached hydrogen (secondary N) is 1. The van der Waals surface area contributed by atoms with Gasteiger partial charge < -0.3 is 16.2 Å². The van der Waals surface area contributed by atoms with Crippen LogP contribution in [0.15, 0.2) is 77.8 Å².